The van der Waals surface area contributed by atoms with E-state index in [9.17, 15) is 34.2 Å². The van der Waals surface area contributed by atoms with E-state index in [4.69, 9.17) is 4.74 Å². The lowest BCUT2D eigenvalue weighted by molar-refractivity contribution is -0.394. The number of hydrogen-bond acceptors (Lipinski definition) is 8. The van der Waals surface area contributed by atoms with Crippen LogP contribution in [0.25, 0.3) is 10.2 Å². The number of benzene rings is 2. The van der Waals surface area contributed by atoms with Crippen LogP contribution in [0.1, 0.15) is 17.3 Å². The monoisotopic (exact) mass is 448 g/mol. The molecule has 3 rings (SSSR count). The van der Waals surface area contributed by atoms with Crippen molar-refractivity contribution in [2.75, 3.05) is 6.61 Å². The maximum Gasteiger partial charge on any atom is 0.326 e. The lowest BCUT2D eigenvalue weighted by Gasteiger charge is -2.05. The Morgan fingerprint density at radius 3 is 2.35 bits per heavy atom. The van der Waals surface area contributed by atoms with Gasteiger partial charge in [0.05, 0.1) is 38.3 Å². The van der Waals surface area contributed by atoms with Crippen molar-refractivity contribution in [1.29, 1.82) is 0 Å². The second kappa shape index (κ2) is 8.79. The number of thiazole rings is 1. The number of amides is 1. The number of halogens is 1. The van der Waals surface area contributed by atoms with Crippen molar-refractivity contribution in [3.05, 3.63) is 72.8 Å². The minimum Gasteiger partial charge on any atom is -0.465 e. The van der Waals surface area contributed by atoms with Crippen molar-refractivity contribution in [1.82, 2.24) is 4.57 Å². The highest BCUT2D eigenvalue weighted by Crippen LogP contribution is 2.24. The summed E-state index contributed by atoms with van der Waals surface area (Å²) < 4.78 is 20.2. The predicted octanol–water partition coefficient (Wildman–Crippen LogP) is 2.96. The molecule has 2 aromatic carbocycles. The number of aromatic nitrogens is 1. The number of fused-ring (bicyclic) bond motifs is 1. The molecule has 160 valence electrons. The molecule has 0 aliphatic heterocycles. The average molecular weight is 448 g/mol. The van der Waals surface area contributed by atoms with Crippen molar-refractivity contribution in [2.24, 2.45) is 4.99 Å². The predicted molar refractivity (Wildman–Crippen MR) is 106 cm³/mol. The molecule has 0 N–H and O–H groups in total. The van der Waals surface area contributed by atoms with E-state index in [2.05, 4.69) is 4.99 Å². The number of carbonyl (C=O) groups excluding carboxylic acids is 2. The molecule has 1 aromatic heterocycles. The van der Waals surface area contributed by atoms with E-state index in [0.717, 1.165) is 29.5 Å². The first kappa shape index (κ1) is 21.7. The topological polar surface area (TPSA) is 147 Å². The number of esters is 1. The summed E-state index contributed by atoms with van der Waals surface area (Å²) in [5.41, 5.74) is -1.26. The average Bonchev–Trinajstić information content (AvgIpc) is 3.03. The van der Waals surface area contributed by atoms with E-state index < -0.39 is 38.9 Å². The third-order valence-electron chi connectivity index (χ3n) is 4.01. The summed E-state index contributed by atoms with van der Waals surface area (Å²) in [6, 6.07) is 6.22. The zero-order chi connectivity index (χ0) is 22.7. The molecular weight excluding hydrogens is 435 g/mol. The molecule has 0 fully saturated rings. The highest BCUT2D eigenvalue weighted by molar-refractivity contribution is 7.16. The summed E-state index contributed by atoms with van der Waals surface area (Å²) >= 11 is 0.902. The van der Waals surface area contributed by atoms with Crippen molar-refractivity contribution in [2.45, 2.75) is 13.5 Å². The number of ether oxygens (including phenoxy) is 1. The standard InChI is InChI=1S/C18H13FN4O7S/c1-2-30-16(24)9-21-14-4-3-11(19)7-15(14)31-18(21)20-17(25)10-5-12(22(26)27)8-13(6-10)23(28)29/h3-8H,2,9H2,1H3. The van der Waals surface area contributed by atoms with Gasteiger partial charge in [0.1, 0.15) is 12.4 Å². The van der Waals surface area contributed by atoms with Crippen LogP contribution in [0, 0.1) is 26.0 Å². The fraction of sp³-hybridized carbons (Fsp3) is 0.167. The van der Waals surface area contributed by atoms with E-state index in [0.29, 0.717) is 10.2 Å². The molecule has 31 heavy (non-hydrogen) atoms. The van der Waals surface area contributed by atoms with E-state index in [1.54, 1.807) is 6.92 Å². The van der Waals surface area contributed by atoms with E-state index in [-0.39, 0.29) is 23.5 Å². The Balaban J connectivity index is 2.15. The van der Waals surface area contributed by atoms with Gasteiger partial charge in [0.15, 0.2) is 4.80 Å². The summed E-state index contributed by atoms with van der Waals surface area (Å²) in [4.78, 5) is 48.9. The van der Waals surface area contributed by atoms with Crippen molar-refractivity contribution >= 4 is 44.8 Å². The maximum absolute atomic E-state index is 13.6. The van der Waals surface area contributed by atoms with Gasteiger partial charge in [0.2, 0.25) is 0 Å². The van der Waals surface area contributed by atoms with Crippen LogP contribution < -0.4 is 4.80 Å². The highest BCUT2D eigenvalue weighted by Gasteiger charge is 2.20. The molecule has 0 saturated heterocycles. The Labute approximate surface area is 176 Å². The number of nitro groups is 2. The van der Waals surface area contributed by atoms with Crippen LogP contribution >= 0.6 is 11.3 Å². The van der Waals surface area contributed by atoms with Crippen LogP contribution in [-0.2, 0) is 16.1 Å². The molecule has 0 spiro atoms. The zero-order valence-electron chi connectivity index (χ0n) is 15.8. The van der Waals surface area contributed by atoms with Gasteiger partial charge in [-0.2, -0.15) is 4.99 Å². The van der Waals surface area contributed by atoms with Gasteiger partial charge in [-0.15, -0.1) is 0 Å². The highest BCUT2D eigenvalue weighted by atomic mass is 32.1. The van der Waals surface area contributed by atoms with Crippen molar-refractivity contribution in [3.8, 4) is 0 Å². The van der Waals surface area contributed by atoms with Crippen LogP contribution in [0.15, 0.2) is 41.4 Å². The number of carbonyl (C=O) groups is 2. The molecule has 11 nitrogen and oxygen atoms in total. The van der Waals surface area contributed by atoms with Gasteiger partial charge in [-0.1, -0.05) is 11.3 Å². The van der Waals surface area contributed by atoms with E-state index in [1.165, 1.54) is 22.8 Å². The Bertz CT molecular complexity index is 1270. The summed E-state index contributed by atoms with van der Waals surface area (Å²) in [7, 11) is 0. The van der Waals surface area contributed by atoms with Gasteiger partial charge in [-0.3, -0.25) is 29.8 Å². The lowest BCUT2D eigenvalue weighted by atomic mass is 10.1. The molecular formula is C18H13FN4O7S. The maximum atomic E-state index is 13.6. The fourth-order valence-electron chi connectivity index (χ4n) is 2.70. The van der Waals surface area contributed by atoms with E-state index >= 15 is 0 Å². The second-order valence-electron chi connectivity index (χ2n) is 6.06. The van der Waals surface area contributed by atoms with E-state index in [1.807, 2.05) is 0 Å². The van der Waals surface area contributed by atoms with Gasteiger partial charge in [-0.05, 0) is 25.1 Å². The summed E-state index contributed by atoms with van der Waals surface area (Å²) in [5, 5.41) is 22.1. The summed E-state index contributed by atoms with van der Waals surface area (Å²) in [6.07, 6.45) is 0. The van der Waals surface area contributed by atoms with Crippen LogP contribution in [0.3, 0.4) is 0 Å². The minimum atomic E-state index is -1.00. The number of rotatable bonds is 6. The van der Waals surface area contributed by atoms with Crippen molar-refractivity contribution in [3.63, 3.8) is 0 Å². The van der Waals surface area contributed by atoms with Crippen LogP contribution in [-0.4, -0.2) is 32.9 Å². The smallest absolute Gasteiger partial charge is 0.326 e. The first-order valence-electron chi connectivity index (χ1n) is 8.67. The number of hydrogen-bond donors (Lipinski definition) is 0. The first-order valence-corrected chi connectivity index (χ1v) is 9.48. The van der Waals surface area contributed by atoms with Crippen LogP contribution in [0.2, 0.25) is 0 Å². The number of nitrogens with zero attached hydrogens (tertiary/aromatic N) is 4. The van der Waals surface area contributed by atoms with Gasteiger partial charge in [0.25, 0.3) is 17.3 Å². The number of nitro benzene ring substituents is 2. The van der Waals surface area contributed by atoms with Crippen LogP contribution in [0.4, 0.5) is 15.8 Å². The van der Waals surface area contributed by atoms with Crippen molar-refractivity contribution < 1.29 is 28.6 Å². The number of non-ortho nitro benzene ring substituents is 2. The van der Waals surface area contributed by atoms with Gasteiger partial charge >= 0.3 is 5.97 Å². The minimum absolute atomic E-state index is 0.00666. The van der Waals surface area contributed by atoms with Gasteiger partial charge < -0.3 is 9.30 Å². The Hall–Kier alpha value is -4.00. The Morgan fingerprint density at radius 2 is 1.77 bits per heavy atom. The molecule has 0 radical (unpaired) electrons. The zero-order valence-corrected chi connectivity index (χ0v) is 16.6. The molecule has 0 unspecified atom stereocenters. The largest absolute Gasteiger partial charge is 0.465 e. The Kier molecular flexibility index (Phi) is 6.15. The molecule has 13 heteroatoms. The molecule has 0 saturated carbocycles. The first-order chi connectivity index (χ1) is 14.7. The summed E-state index contributed by atoms with van der Waals surface area (Å²) in [5.74, 6) is -2.16. The molecule has 3 aromatic rings. The molecule has 1 amide bonds. The molecule has 0 aliphatic carbocycles. The molecule has 1 heterocycles. The fourth-order valence-corrected chi connectivity index (χ4v) is 3.75. The second-order valence-corrected chi connectivity index (χ2v) is 7.07. The third-order valence-corrected chi connectivity index (χ3v) is 5.05. The Morgan fingerprint density at radius 1 is 1.13 bits per heavy atom. The normalized spacial score (nSPS) is 11.5. The third kappa shape index (κ3) is 4.78. The SMILES string of the molecule is CCOC(=O)Cn1c(=NC(=O)c2cc([N+](=O)[O-])cc([N+](=O)[O-])c2)sc2cc(F)ccc21. The van der Waals surface area contributed by atoms with Gasteiger partial charge in [-0.25, -0.2) is 4.39 Å². The molecule has 0 aliphatic rings. The molecule has 0 bridgehead atoms. The van der Waals surface area contributed by atoms with Crippen LogP contribution in [0.5, 0.6) is 0 Å². The quantitative estimate of drug-likeness (QED) is 0.320. The summed E-state index contributed by atoms with van der Waals surface area (Å²) in [6.45, 7) is 1.42. The molecule has 0 atom stereocenters. The lowest BCUT2D eigenvalue weighted by Crippen LogP contribution is -2.23. The van der Waals surface area contributed by atoms with Gasteiger partial charge in [0, 0.05) is 12.1 Å².